The lowest BCUT2D eigenvalue weighted by Crippen LogP contribution is -2.40. The third kappa shape index (κ3) is 8.95. The molecule has 7 heteroatoms. The van der Waals surface area contributed by atoms with Gasteiger partial charge in [-0.3, -0.25) is 0 Å². The van der Waals surface area contributed by atoms with E-state index in [9.17, 15) is 0 Å². The van der Waals surface area contributed by atoms with Crippen molar-refractivity contribution in [2.24, 2.45) is 10.9 Å². The number of aryl methyl sites for hydroxylation is 1. The number of hydrogen-bond acceptors (Lipinski definition) is 4. The van der Waals surface area contributed by atoms with Crippen LogP contribution in [0.1, 0.15) is 29.3 Å². The number of thiazole rings is 1. The van der Waals surface area contributed by atoms with E-state index in [1.807, 2.05) is 31.3 Å². The highest BCUT2D eigenvalue weighted by Crippen LogP contribution is 2.12. The van der Waals surface area contributed by atoms with E-state index < -0.39 is 0 Å². The molecule has 0 amide bonds. The molecule has 144 valence electrons. The maximum Gasteiger partial charge on any atom is 0.191 e. The molecular formula is C19H29IN4OS. The highest BCUT2D eigenvalue weighted by atomic mass is 127. The van der Waals surface area contributed by atoms with Crippen LogP contribution in [0.3, 0.4) is 0 Å². The van der Waals surface area contributed by atoms with Crippen LogP contribution in [-0.4, -0.2) is 30.6 Å². The van der Waals surface area contributed by atoms with Crippen molar-refractivity contribution < 1.29 is 4.74 Å². The number of nitrogens with one attached hydrogen (secondary N) is 2. The highest BCUT2D eigenvalue weighted by Gasteiger charge is 2.05. The maximum atomic E-state index is 5.80. The largest absolute Gasteiger partial charge is 0.376 e. The van der Waals surface area contributed by atoms with Gasteiger partial charge < -0.3 is 15.4 Å². The van der Waals surface area contributed by atoms with Gasteiger partial charge in [0.1, 0.15) is 0 Å². The summed E-state index contributed by atoms with van der Waals surface area (Å²) in [6.45, 7) is 9.95. The van der Waals surface area contributed by atoms with Crippen molar-refractivity contribution in [2.45, 2.75) is 33.9 Å². The van der Waals surface area contributed by atoms with E-state index in [0.29, 0.717) is 19.1 Å². The van der Waals surface area contributed by atoms with E-state index >= 15 is 0 Å². The van der Waals surface area contributed by atoms with Gasteiger partial charge in [-0.1, -0.05) is 37.3 Å². The predicted octanol–water partition coefficient (Wildman–Crippen LogP) is 3.98. The van der Waals surface area contributed by atoms with Gasteiger partial charge in [0.15, 0.2) is 5.96 Å². The summed E-state index contributed by atoms with van der Waals surface area (Å²) in [6.07, 6.45) is 1.90. The molecule has 1 aromatic heterocycles. The van der Waals surface area contributed by atoms with Gasteiger partial charge in [0.05, 0.1) is 24.8 Å². The monoisotopic (exact) mass is 488 g/mol. The summed E-state index contributed by atoms with van der Waals surface area (Å²) in [5, 5.41) is 7.74. The molecule has 26 heavy (non-hydrogen) atoms. The number of ether oxygens (including phenoxy) is 1. The first kappa shape index (κ1) is 22.9. The topological polar surface area (TPSA) is 58.5 Å². The number of rotatable bonds is 9. The average Bonchev–Trinajstić information content (AvgIpc) is 3.04. The molecule has 0 saturated heterocycles. The second-order valence-corrected chi connectivity index (χ2v) is 7.35. The Bertz CT molecular complexity index is 648. The second kappa shape index (κ2) is 13.1. The van der Waals surface area contributed by atoms with Gasteiger partial charge in [-0.2, -0.15) is 0 Å². The van der Waals surface area contributed by atoms with Crippen LogP contribution in [0.15, 0.2) is 41.5 Å². The van der Waals surface area contributed by atoms with Gasteiger partial charge in [-0.15, -0.1) is 35.3 Å². The smallest absolute Gasteiger partial charge is 0.191 e. The van der Waals surface area contributed by atoms with Crippen LogP contribution in [0.5, 0.6) is 0 Å². The quantitative estimate of drug-likeness (QED) is 0.319. The summed E-state index contributed by atoms with van der Waals surface area (Å²) in [7, 11) is 0. The van der Waals surface area contributed by atoms with Crippen LogP contribution in [0, 0.1) is 12.8 Å². The molecule has 1 aromatic carbocycles. The molecule has 0 aliphatic rings. The summed E-state index contributed by atoms with van der Waals surface area (Å²) in [5.41, 5.74) is 1.21. The molecule has 2 N–H and O–H groups in total. The summed E-state index contributed by atoms with van der Waals surface area (Å²) < 4.78 is 5.80. The first-order valence-electron chi connectivity index (χ1n) is 8.72. The number of halogens is 1. The van der Waals surface area contributed by atoms with E-state index in [-0.39, 0.29) is 24.0 Å². The standard InChI is InChI=1S/C19H28N4OS.HI/c1-4-20-19(23-12-18-11-21-16(3)25-18)22-10-15(2)13-24-14-17-8-6-5-7-9-17;/h5-9,11,15H,4,10,12-14H2,1-3H3,(H2,20,22,23);1H. The van der Waals surface area contributed by atoms with Crippen molar-refractivity contribution in [1.82, 2.24) is 15.6 Å². The Balaban J connectivity index is 0.00000338. The fourth-order valence-electron chi connectivity index (χ4n) is 2.26. The number of aromatic nitrogens is 1. The fraction of sp³-hybridized carbons (Fsp3) is 0.474. The van der Waals surface area contributed by atoms with Crippen LogP contribution in [0.25, 0.3) is 0 Å². The zero-order chi connectivity index (χ0) is 17.9. The third-order valence-electron chi connectivity index (χ3n) is 3.54. The Hall–Kier alpha value is -1.19. The first-order chi connectivity index (χ1) is 12.2. The van der Waals surface area contributed by atoms with E-state index in [1.54, 1.807) is 11.3 Å². The van der Waals surface area contributed by atoms with Crippen molar-refractivity contribution in [3.63, 3.8) is 0 Å². The van der Waals surface area contributed by atoms with E-state index in [0.717, 1.165) is 30.7 Å². The van der Waals surface area contributed by atoms with Gasteiger partial charge in [0.25, 0.3) is 0 Å². The van der Waals surface area contributed by atoms with E-state index in [2.05, 4.69) is 46.6 Å². The Morgan fingerprint density at radius 1 is 1.27 bits per heavy atom. The molecule has 0 bridgehead atoms. The third-order valence-corrected chi connectivity index (χ3v) is 4.44. The van der Waals surface area contributed by atoms with Gasteiger partial charge in [0.2, 0.25) is 0 Å². The van der Waals surface area contributed by atoms with Crippen molar-refractivity contribution in [1.29, 1.82) is 0 Å². The van der Waals surface area contributed by atoms with Crippen molar-refractivity contribution in [3.8, 4) is 0 Å². The normalized spacial score (nSPS) is 12.3. The number of nitrogens with zero attached hydrogens (tertiary/aromatic N) is 2. The van der Waals surface area contributed by atoms with Crippen LogP contribution in [0.4, 0.5) is 0 Å². The molecule has 0 saturated carbocycles. The molecule has 0 radical (unpaired) electrons. The lowest BCUT2D eigenvalue weighted by molar-refractivity contribution is 0.0931. The maximum absolute atomic E-state index is 5.80. The minimum Gasteiger partial charge on any atom is -0.376 e. The molecule has 1 heterocycles. The predicted molar refractivity (Wildman–Crippen MR) is 120 cm³/mol. The Kier molecular flexibility index (Phi) is 11.5. The molecule has 0 aliphatic heterocycles. The SMILES string of the molecule is CCNC(=NCc1cnc(C)s1)NCC(C)COCc1ccccc1.I. The van der Waals surface area contributed by atoms with Crippen molar-refractivity contribution >= 4 is 41.3 Å². The fourth-order valence-corrected chi connectivity index (χ4v) is 2.98. The van der Waals surface area contributed by atoms with Crippen LogP contribution in [-0.2, 0) is 17.9 Å². The van der Waals surface area contributed by atoms with E-state index in [4.69, 9.17) is 4.74 Å². The molecule has 5 nitrogen and oxygen atoms in total. The van der Waals surface area contributed by atoms with Gasteiger partial charge in [0, 0.05) is 24.2 Å². The average molecular weight is 488 g/mol. The van der Waals surface area contributed by atoms with Crippen LogP contribution in [0.2, 0.25) is 0 Å². The number of hydrogen-bond donors (Lipinski definition) is 2. The minimum absolute atomic E-state index is 0. The molecule has 2 rings (SSSR count). The zero-order valence-electron chi connectivity index (χ0n) is 15.7. The van der Waals surface area contributed by atoms with Crippen molar-refractivity contribution in [2.75, 3.05) is 19.7 Å². The van der Waals surface area contributed by atoms with Crippen molar-refractivity contribution in [3.05, 3.63) is 52.0 Å². The van der Waals surface area contributed by atoms with Gasteiger partial charge in [-0.05, 0) is 25.3 Å². The van der Waals surface area contributed by atoms with Gasteiger partial charge >= 0.3 is 0 Å². The molecule has 0 aliphatic carbocycles. The summed E-state index contributed by atoms with van der Waals surface area (Å²) in [5.74, 6) is 1.24. The first-order valence-corrected chi connectivity index (χ1v) is 9.54. The summed E-state index contributed by atoms with van der Waals surface area (Å²) in [6, 6.07) is 10.3. The van der Waals surface area contributed by atoms with Crippen LogP contribution >= 0.6 is 35.3 Å². The summed E-state index contributed by atoms with van der Waals surface area (Å²) >= 11 is 1.69. The number of benzene rings is 1. The van der Waals surface area contributed by atoms with E-state index in [1.165, 1.54) is 10.4 Å². The van der Waals surface area contributed by atoms with Gasteiger partial charge in [-0.25, -0.2) is 9.98 Å². The Labute approximate surface area is 177 Å². The lowest BCUT2D eigenvalue weighted by Gasteiger charge is -2.16. The molecule has 2 aromatic rings. The molecule has 1 unspecified atom stereocenters. The Morgan fingerprint density at radius 3 is 2.69 bits per heavy atom. The molecule has 1 atom stereocenters. The second-order valence-electron chi connectivity index (χ2n) is 6.03. The minimum atomic E-state index is 0. The highest BCUT2D eigenvalue weighted by molar-refractivity contribution is 14.0. The Morgan fingerprint density at radius 2 is 2.04 bits per heavy atom. The lowest BCUT2D eigenvalue weighted by atomic mass is 10.2. The zero-order valence-corrected chi connectivity index (χ0v) is 18.8. The number of guanidine groups is 1. The molecule has 0 spiro atoms. The molecular weight excluding hydrogens is 459 g/mol. The summed E-state index contributed by atoms with van der Waals surface area (Å²) in [4.78, 5) is 10.1. The van der Waals surface area contributed by atoms with Crippen LogP contribution < -0.4 is 10.6 Å². The number of aliphatic imine (C=N–C) groups is 1. The molecule has 0 fully saturated rings.